The number of rotatable bonds is 19. The van der Waals surface area contributed by atoms with E-state index in [-0.39, 0.29) is 5.78 Å². The minimum absolute atomic E-state index is 0.318. The highest BCUT2D eigenvalue weighted by Crippen LogP contribution is 2.51. The van der Waals surface area contributed by atoms with Crippen LogP contribution in [0.25, 0.3) is 0 Å². The molecule has 0 bridgehead atoms. The fourth-order valence-electron chi connectivity index (χ4n) is 3.72. The Bertz CT molecular complexity index is 432. The van der Waals surface area contributed by atoms with E-state index in [0.717, 1.165) is 6.42 Å². The lowest BCUT2D eigenvalue weighted by Gasteiger charge is -2.35. The van der Waals surface area contributed by atoms with E-state index in [1.54, 1.807) is 0 Å². The van der Waals surface area contributed by atoms with Gasteiger partial charge in [0.1, 0.15) is 0 Å². The molecule has 0 aromatic heterocycles. The van der Waals surface area contributed by atoms with Crippen LogP contribution in [0, 0.1) is 0 Å². The maximum Gasteiger partial charge on any atom is 0.385 e. The summed E-state index contributed by atoms with van der Waals surface area (Å²) in [5.74, 6) is -0.368. The summed E-state index contributed by atoms with van der Waals surface area (Å²) in [7, 11) is 2.24. The Labute approximate surface area is 175 Å². The van der Waals surface area contributed by atoms with Crippen LogP contribution in [0.15, 0.2) is 12.2 Å². The minimum Gasteiger partial charge on any atom is -0.320 e. The molecule has 0 heterocycles. The Morgan fingerprint density at radius 2 is 1.29 bits per heavy atom. The molecule has 0 spiro atoms. The van der Waals surface area contributed by atoms with Gasteiger partial charge in [0.25, 0.3) is 0 Å². The van der Waals surface area contributed by atoms with Gasteiger partial charge in [0.05, 0.1) is 27.7 Å². The molecule has 0 radical (unpaired) electrons. The summed E-state index contributed by atoms with van der Waals surface area (Å²) >= 11 is 0. The van der Waals surface area contributed by atoms with Crippen LogP contribution in [0.3, 0.4) is 0 Å². The summed E-state index contributed by atoms with van der Waals surface area (Å²) in [5.41, 5.74) is 0. The van der Waals surface area contributed by atoms with Gasteiger partial charge in [-0.2, -0.15) is 0 Å². The number of quaternary nitrogens is 1. The Morgan fingerprint density at radius 3 is 1.75 bits per heavy atom. The first kappa shape index (κ1) is 27.8. The van der Waals surface area contributed by atoms with Crippen LogP contribution in [-0.4, -0.2) is 42.9 Å². The average Bonchev–Trinajstić information content (AvgIpc) is 2.60. The van der Waals surface area contributed by atoms with Crippen molar-refractivity contribution in [3.8, 4) is 0 Å². The SMILES string of the molecule is CCCCCCCCCCCCCC=CCCOP(=O)(O)C(CC)[N+](C)(C)C. The van der Waals surface area contributed by atoms with Crippen LogP contribution in [-0.2, 0) is 9.09 Å². The van der Waals surface area contributed by atoms with Gasteiger partial charge in [0.2, 0.25) is 0 Å². The molecule has 28 heavy (non-hydrogen) atoms. The third-order valence-electron chi connectivity index (χ3n) is 5.34. The molecule has 0 saturated carbocycles. The quantitative estimate of drug-likeness (QED) is 0.104. The van der Waals surface area contributed by atoms with E-state index < -0.39 is 7.60 Å². The average molecular weight is 419 g/mol. The Hall–Kier alpha value is -0.150. The maximum atomic E-state index is 12.4. The van der Waals surface area contributed by atoms with Crippen LogP contribution in [0.5, 0.6) is 0 Å². The van der Waals surface area contributed by atoms with Gasteiger partial charge in [-0.3, -0.25) is 4.57 Å². The summed E-state index contributed by atoms with van der Waals surface area (Å²) in [4.78, 5) is 10.2. The van der Waals surface area contributed by atoms with Crippen molar-refractivity contribution in [1.82, 2.24) is 0 Å². The van der Waals surface area contributed by atoms with E-state index in [1.807, 2.05) is 28.1 Å². The lowest BCUT2D eigenvalue weighted by molar-refractivity contribution is -0.883. The fourth-order valence-corrected chi connectivity index (χ4v) is 5.59. The molecule has 0 amide bonds. The Morgan fingerprint density at radius 1 is 0.821 bits per heavy atom. The Balaban J connectivity index is 3.60. The van der Waals surface area contributed by atoms with Crippen LogP contribution in [0.4, 0.5) is 0 Å². The van der Waals surface area contributed by atoms with Crippen molar-refractivity contribution < 1.29 is 18.5 Å². The third-order valence-corrected chi connectivity index (χ3v) is 7.70. The zero-order valence-electron chi connectivity index (χ0n) is 19.5. The van der Waals surface area contributed by atoms with E-state index in [1.165, 1.54) is 70.6 Å². The molecule has 5 heteroatoms. The molecule has 2 unspecified atom stereocenters. The highest BCUT2D eigenvalue weighted by Gasteiger charge is 2.41. The molecular formula is C23H49NO3P+. The molecule has 1 N–H and O–H groups in total. The number of hydrogen-bond donors (Lipinski definition) is 1. The first-order valence-electron chi connectivity index (χ1n) is 11.7. The first-order chi connectivity index (χ1) is 13.3. The molecule has 0 aromatic rings. The largest absolute Gasteiger partial charge is 0.385 e. The fraction of sp³-hybridized carbons (Fsp3) is 0.913. The zero-order chi connectivity index (χ0) is 21.3. The predicted molar refractivity (Wildman–Crippen MR) is 123 cm³/mol. The lowest BCUT2D eigenvalue weighted by Crippen LogP contribution is -2.44. The predicted octanol–water partition coefficient (Wildman–Crippen LogP) is 7.28. The molecule has 0 aromatic carbocycles. The summed E-state index contributed by atoms with van der Waals surface area (Å²) in [6.07, 6.45) is 21.8. The molecule has 168 valence electrons. The number of hydrogen-bond acceptors (Lipinski definition) is 2. The van der Waals surface area contributed by atoms with Gasteiger partial charge in [0, 0.05) is 6.42 Å². The normalized spacial score (nSPS) is 15.8. The smallest absolute Gasteiger partial charge is 0.320 e. The van der Waals surface area contributed by atoms with E-state index in [0.29, 0.717) is 23.9 Å². The maximum absolute atomic E-state index is 12.4. The second-order valence-electron chi connectivity index (χ2n) is 8.99. The van der Waals surface area contributed by atoms with Crippen LogP contribution < -0.4 is 0 Å². The molecule has 0 aliphatic rings. The highest BCUT2D eigenvalue weighted by molar-refractivity contribution is 7.53. The van der Waals surface area contributed by atoms with Gasteiger partial charge in [-0.25, -0.2) is 0 Å². The van der Waals surface area contributed by atoms with Crippen molar-refractivity contribution in [2.45, 2.75) is 110 Å². The van der Waals surface area contributed by atoms with Crippen molar-refractivity contribution in [3.05, 3.63) is 12.2 Å². The summed E-state index contributed by atoms with van der Waals surface area (Å²) in [6, 6.07) is 0. The molecule has 0 saturated heterocycles. The van der Waals surface area contributed by atoms with Crippen molar-refractivity contribution in [2.75, 3.05) is 27.7 Å². The molecule has 2 atom stereocenters. The molecular weight excluding hydrogens is 369 g/mol. The van der Waals surface area contributed by atoms with Crippen molar-refractivity contribution in [3.63, 3.8) is 0 Å². The van der Waals surface area contributed by atoms with Crippen LogP contribution in [0.1, 0.15) is 104 Å². The van der Waals surface area contributed by atoms with Crippen molar-refractivity contribution in [1.29, 1.82) is 0 Å². The van der Waals surface area contributed by atoms with Crippen molar-refractivity contribution >= 4 is 7.60 Å². The zero-order valence-corrected chi connectivity index (χ0v) is 20.4. The third kappa shape index (κ3) is 14.8. The molecule has 0 aliphatic carbocycles. The molecule has 0 fully saturated rings. The number of nitrogens with zero attached hydrogens (tertiary/aromatic N) is 1. The van der Waals surface area contributed by atoms with E-state index in [4.69, 9.17) is 4.52 Å². The lowest BCUT2D eigenvalue weighted by atomic mass is 10.1. The standard InChI is InChI=1S/C23H48NO3P/c1-6-8-9-10-11-12-13-14-15-16-17-18-19-20-21-22-27-28(25,26)23(7-2)24(3,4)5/h19-20,23H,6-18,21-22H2,1-5H3/p+1. The van der Waals surface area contributed by atoms with Gasteiger partial charge in [0.15, 0.2) is 5.78 Å². The van der Waals surface area contributed by atoms with Crippen LogP contribution in [0.2, 0.25) is 0 Å². The summed E-state index contributed by atoms with van der Waals surface area (Å²) in [5, 5.41) is 0. The second-order valence-corrected chi connectivity index (χ2v) is 11.0. The van der Waals surface area contributed by atoms with E-state index in [2.05, 4.69) is 19.1 Å². The summed E-state index contributed by atoms with van der Waals surface area (Å²) in [6.45, 7) is 4.53. The summed E-state index contributed by atoms with van der Waals surface area (Å²) < 4.78 is 18.2. The van der Waals surface area contributed by atoms with Gasteiger partial charge in [-0.15, -0.1) is 0 Å². The van der Waals surface area contributed by atoms with Gasteiger partial charge in [-0.05, 0) is 19.3 Å². The first-order valence-corrected chi connectivity index (χ1v) is 13.3. The van der Waals surface area contributed by atoms with Gasteiger partial charge < -0.3 is 13.9 Å². The Kier molecular flexibility index (Phi) is 16.5. The molecule has 0 aliphatic heterocycles. The van der Waals surface area contributed by atoms with E-state index >= 15 is 0 Å². The van der Waals surface area contributed by atoms with Crippen molar-refractivity contribution in [2.24, 2.45) is 0 Å². The monoisotopic (exact) mass is 418 g/mol. The highest BCUT2D eigenvalue weighted by atomic mass is 31.2. The topological polar surface area (TPSA) is 46.5 Å². The molecule has 0 rings (SSSR count). The van der Waals surface area contributed by atoms with Gasteiger partial charge in [-0.1, -0.05) is 90.2 Å². The van der Waals surface area contributed by atoms with Crippen LogP contribution >= 0.6 is 7.60 Å². The number of unbranched alkanes of at least 4 members (excludes halogenated alkanes) is 11. The second kappa shape index (κ2) is 16.6. The molecule has 4 nitrogen and oxygen atoms in total. The number of allylic oxidation sites excluding steroid dienone is 1. The minimum atomic E-state index is -3.57. The van der Waals surface area contributed by atoms with E-state index in [9.17, 15) is 9.46 Å². The van der Waals surface area contributed by atoms with Gasteiger partial charge >= 0.3 is 7.60 Å².